The van der Waals surface area contributed by atoms with E-state index in [1.165, 1.54) is 11.0 Å². The molecule has 1 aliphatic rings. The highest BCUT2D eigenvalue weighted by Crippen LogP contribution is 2.37. The minimum atomic E-state index is -4.70. The summed E-state index contributed by atoms with van der Waals surface area (Å²) in [5.41, 5.74) is 4.16. The Labute approximate surface area is 148 Å². The van der Waals surface area contributed by atoms with Crippen molar-refractivity contribution in [3.05, 3.63) is 23.8 Å². The van der Waals surface area contributed by atoms with Crippen molar-refractivity contribution in [2.75, 3.05) is 43.1 Å². The number of hydrogen-bond donors (Lipinski definition) is 3. The number of alkyl halides is 3. The van der Waals surface area contributed by atoms with Crippen LogP contribution >= 0.6 is 0 Å². The van der Waals surface area contributed by atoms with E-state index in [1.54, 1.807) is 6.92 Å². The van der Waals surface area contributed by atoms with E-state index in [0.717, 1.165) is 12.1 Å². The number of anilines is 2. The number of amides is 2. The summed E-state index contributed by atoms with van der Waals surface area (Å²) < 4.78 is 45.3. The van der Waals surface area contributed by atoms with Gasteiger partial charge in [0.05, 0.1) is 23.9 Å². The smallest absolute Gasteiger partial charge is 0.370 e. The van der Waals surface area contributed by atoms with Crippen LogP contribution < -0.4 is 21.3 Å². The van der Waals surface area contributed by atoms with Crippen LogP contribution in [0, 0.1) is 0 Å². The van der Waals surface area contributed by atoms with Gasteiger partial charge in [-0.25, -0.2) is 0 Å². The second kappa shape index (κ2) is 8.47. The number of hydrogen-bond acceptors (Lipinski definition) is 5. The fraction of sp³-hybridized carbons (Fsp3) is 0.500. The number of rotatable bonds is 6. The van der Waals surface area contributed by atoms with Crippen molar-refractivity contribution >= 4 is 23.2 Å². The normalized spacial score (nSPS) is 16.5. The van der Waals surface area contributed by atoms with Crippen molar-refractivity contribution in [3.63, 3.8) is 0 Å². The molecule has 0 aliphatic carbocycles. The summed E-state index contributed by atoms with van der Waals surface area (Å²) in [6, 6.07) is 2.54. The van der Waals surface area contributed by atoms with Gasteiger partial charge in [-0.1, -0.05) is 6.92 Å². The van der Waals surface area contributed by atoms with E-state index < -0.39 is 29.6 Å². The molecule has 1 atom stereocenters. The average Bonchev–Trinajstić information content (AvgIpc) is 2.59. The molecule has 2 amide bonds. The number of carbonyl (C=O) groups is 2. The number of halogens is 3. The number of carbonyl (C=O) groups excluding carboxylic acids is 2. The predicted molar refractivity (Wildman–Crippen MR) is 89.8 cm³/mol. The Morgan fingerprint density at radius 1 is 1.42 bits per heavy atom. The van der Waals surface area contributed by atoms with Crippen LogP contribution in [0.3, 0.4) is 0 Å². The first-order valence-electron chi connectivity index (χ1n) is 8.11. The molecule has 26 heavy (non-hydrogen) atoms. The van der Waals surface area contributed by atoms with Crippen molar-refractivity contribution in [2.45, 2.75) is 19.1 Å². The van der Waals surface area contributed by atoms with Gasteiger partial charge in [0.25, 0.3) is 5.91 Å². The monoisotopic (exact) mass is 374 g/mol. The molecule has 7 nitrogen and oxygen atoms in total. The summed E-state index contributed by atoms with van der Waals surface area (Å²) in [5.74, 6) is -1.08. The van der Waals surface area contributed by atoms with Crippen LogP contribution in [0.2, 0.25) is 0 Å². The number of nitrogens with zero attached hydrogens (tertiary/aromatic N) is 1. The summed E-state index contributed by atoms with van der Waals surface area (Å²) in [7, 11) is 0. The van der Waals surface area contributed by atoms with Crippen molar-refractivity contribution in [3.8, 4) is 0 Å². The van der Waals surface area contributed by atoms with Crippen LogP contribution in [0.25, 0.3) is 0 Å². The first kappa shape index (κ1) is 20.1. The topological polar surface area (TPSA) is 96.7 Å². The maximum absolute atomic E-state index is 13.5. The number of nitrogens with two attached hydrogens (primary N) is 1. The lowest BCUT2D eigenvalue weighted by Gasteiger charge is -2.28. The molecule has 1 heterocycles. The van der Waals surface area contributed by atoms with Gasteiger partial charge in [0, 0.05) is 18.8 Å². The van der Waals surface area contributed by atoms with Crippen molar-refractivity contribution in [2.24, 2.45) is 5.73 Å². The van der Waals surface area contributed by atoms with Crippen LogP contribution in [-0.2, 0) is 20.5 Å². The Morgan fingerprint density at radius 3 is 2.73 bits per heavy atom. The van der Waals surface area contributed by atoms with E-state index in [0.29, 0.717) is 6.54 Å². The summed E-state index contributed by atoms with van der Waals surface area (Å²) in [4.78, 5) is 25.2. The third-order valence-corrected chi connectivity index (χ3v) is 3.87. The van der Waals surface area contributed by atoms with Gasteiger partial charge in [0.1, 0.15) is 6.61 Å². The molecule has 1 aliphatic heterocycles. The van der Waals surface area contributed by atoms with Gasteiger partial charge in [0.2, 0.25) is 5.91 Å². The zero-order valence-corrected chi connectivity index (χ0v) is 14.2. The fourth-order valence-electron chi connectivity index (χ4n) is 2.58. The van der Waals surface area contributed by atoms with Gasteiger partial charge in [-0.15, -0.1) is 0 Å². The van der Waals surface area contributed by atoms with Crippen LogP contribution in [-0.4, -0.2) is 50.7 Å². The van der Waals surface area contributed by atoms with Gasteiger partial charge in [-0.3, -0.25) is 9.59 Å². The second-order valence-electron chi connectivity index (χ2n) is 5.66. The Kier molecular flexibility index (Phi) is 6.57. The molecule has 1 fully saturated rings. The first-order valence-corrected chi connectivity index (χ1v) is 8.11. The number of nitrogens with one attached hydrogen (secondary N) is 2. The van der Waals surface area contributed by atoms with E-state index >= 15 is 0 Å². The van der Waals surface area contributed by atoms with Crippen molar-refractivity contribution in [1.82, 2.24) is 5.32 Å². The lowest BCUT2D eigenvalue weighted by atomic mass is 10.1. The molecule has 0 spiro atoms. The van der Waals surface area contributed by atoms with Crippen LogP contribution in [0.5, 0.6) is 0 Å². The average molecular weight is 374 g/mol. The molecule has 4 N–H and O–H groups in total. The molecule has 0 unspecified atom stereocenters. The van der Waals surface area contributed by atoms with E-state index in [9.17, 15) is 22.8 Å². The molecule has 0 radical (unpaired) electrons. The van der Waals surface area contributed by atoms with Gasteiger partial charge in [0.15, 0.2) is 0 Å². The SMILES string of the molecule is CCN[C@@H](CN)C(=O)Nc1ccc(N2CCOCC2=O)cc1C(F)(F)F. The summed E-state index contributed by atoms with van der Waals surface area (Å²) >= 11 is 0. The van der Waals surface area contributed by atoms with Crippen molar-refractivity contribution < 1.29 is 27.5 Å². The highest BCUT2D eigenvalue weighted by atomic mass is 19.4. The lowest BCUT2D eigenvalue weighted by molar-refractivity contribution is -0.137. The Morgan fingerprint density at radius 2 is 2.15 bits per heavy atom. The van der Waals surface area contributed by atoms with E-state index in [4.69, 9.17) is 10.5 Å². The highest BCUT2D eigenvalue weighted by Gasteiger charge is 2.35. The van der Waals surface area contributed by atoms with Crippen LogP contribution in [0.4, 0.5) is 24.5 Å². The molecule has 1 aromatic carbocycles. The van der Waals surface area contributed by atoms with Crippen molar-refractivity contribution in [1.29, 1.82) is 0 Å². The molecule has 1 aromatic rings. The molecule has 1 saturated heterocycles. The van der Waals surface area contributed by atoms with E-state index in [1.807, 2.05) is 0 Å². The number of morpholine rings is 1. The van der Waals surface area contributed by atoms with E-state index in [-0.39, 0.29) is 37.7 Å². The second-order valence-corrected chi connectivity index (χ2v) is 5.66. The molecule has 10 heteroatoms. The Balaban J connectivity index is 2.32. The molecular weight excluding hydrogens is 353 g/mol. The third kappa shape index (κ3) is 4.71. The standard InChI is InChI=1S/C16H21F3N4O3/c1-2-21-13(8-20)15(25)22-12-4-3-10(7-11(12)16(17,18)19)23-5-6-26-9-14(23)24/h3-4,7,13,21H,2,5-6,8-9,20H2,1H3,(H,22,25)/t13-/m0/s1. The summed E-state index contributed by atoms with van der Waals surface area (Å²) in [6.07, 6.45) is -4.70. The molecule has 0 aromatic heterocycles. The molecular formula is C16H21F3N4O3. The predicted octanol–water partition coefficient (Wildman–Crippen LogP) is 0.944. The third-order valence-electron chi connectivity index (χ3n) is 3.87. The largest absolute Gasteiger partial charge is 0.418 e. The van der Waals surface area contributed by atoms with Gasteiger partial charge in [-0.05, 0) is 24.7 Å². The number of likely N-dealkylation sites (N-methyl/N-ethyl adjacent to an activating group) is 1. The summed E-state index contributed by atoms with van der Waals surface area (Å²) in [5, 5.41) is 5.06. The fourth-order valence-corrected chi connectivity index (χ4v) is 2.58. The lowest BCUT2D eigenvalue weighted by Crippen LogP contribution is -2.45. The van der Waals surface area contributed by atoms with Gasteiger partial charge in [-0.2, -0.15) is 13.2 Å². The zero-order chi connectivity index (χ0) is 19.3. The maximum atomic E-state index is 13.5. The van der Waals surface area contributed by atoms with Crippen LogP contribution in [0.1, 0.15) is 12.5 Å². The van der Waals surface area contributed by atoms with Gasteiger partial charge < -0.3 is 26.0 Å². The Hall–Kier alpha value is -2.17. The maximum Gasteiger partial charge on any atom is 0.418 e. The minimum absolute atomic E-state index is 0.0542. The first-order chi connectivity index (χ1) is 12.3. The molecule has 2 rings (SSSR count). The number of benzene rings is 1. The summed E-state index contributed by atoms with van der Waals surface area (Å²) in [6.45, 7) is 2.37. The van der Waals surface area contributed by atoms with E-state index in [2.05, 4.69) is 10.6 Å². The van der Waals surface area contributed by atoms with Gasteiger partial charge >= 0.3 is 6.18 Å². The van der Waals surface area contributed by atoms with Crippen LogP contribution in [0.15, 0.2) is 18.2 Å². The zero-order valence-electron chi connectivity index (χ0n) is 14.2. The Bertz CT molecular complexity index is 667. The quantitative estimate of drug-likeness (QED) is 0.689. The molecule has 144 valence electrons. The number of ether oxygens (including phenoxy) is 1. The molecule has 0 saturated carbocycles. The minimum Gasteiger partial charge on any atom is -0.370 e. The molecule has 0 bridgehead atoms. The highest BCUT2D eigenvalue weighted by molar-refractivity contribution is 5.97.